The van der Waals surface area contributed by atoms with E-state index in [0.717, 1.165) is 22.9 Å². The van der Waals surface area contributed by atoms with Gasteiger partial charge in [0, 0.05) is 28.7 Å². The smallest absolute Gasteiger partial charge is 0.331 e. The molecule has 0 saturated heterocycles. The normalized spacial score (nSPS) is 13.4. The second kappa shape index (κ2) is 7.32. The predicted octanol–water partition coefficient (Wildman–Crippen LogP) is 2.91. The summed E-state index contributed by atoms with van der Waals surface area (Å²) in [5.41, 5.74) is 2.89. The third kappa shape index (κ3) is 3.75. The number of nitrogens with one attached hydrogen (secondary N) is 2. The monoisotopic (exact) mass is 383 g/mol. The van der Waals surface area contributed by atoms with Gasteiger partial charge in [-0.2, -0.15) is 0 Å². The number of halogens is 1. The zero-order chi connectivity index (χ0) is 18.8. The first-order chi connectivity index (χ1) is 13.1. The van der Waals surface area contributed by atoms with E-state index in [4.69, 9.17) is 16.3 Å². The molecule has 1 amide bonds. The van der Waals surface area contributed by atoms with Crippen molar-refractivity contribution in [2.75, 3.05) is 24.5 Å². The second-order valence-electron chi connectivity index (χ2n) is 6.40. The molecule has 1 aliphatic rings. The van der Waals surface area contributed by atoms with Gasteiger partial charge in [-0.3, -0.25) is 4.79 Å². The molecular weight excluding hydrogens is 366 g/mol. The highest BCUT2D eigenvalue weighted by Gasteiger charge is 2.25. The van der Waals surface area contributed by atoms with Crippen LogP contribution in [0.2, 0.25) is 5.02 Å². The summed E-state index contributed by atoms with van der Waals surface area (Å²) in [6, 6.07) is 13.0. The van der Waals surface area contributed by atoms with E-state index in [2.05, 4.69) is 16.4 Å². The Morgan fingerprint density at radius 1 is 1.26 bits per heavy atom. The maximum atomic E-state index is 12.4. The van der Waals surface area contributed by atoms with Crippen LogP contribution in [0.15, 0.2) is 48.7 Å². The van der Waals surface area contributed by atoms with Gasteiger partial charge in [-0.1, -0.05) is 29.8 Å². The quantitative estimate of drug-likeness (QED) is 0.525. The number of aromatic amines is 1. The zero-order valence-corrected chi connectivity index (χ0v) is 15.3. The van der Waals surface area contributed by atoms with Crippen molar-refractivity contribution < 1.29 is 14.3 Å². The van der Waals surface area contributed by atoms with Crippen molar-refractivity contribution in [3.63, 3.8) is 0 Å². The number of benzene rings is 2. The Bertz CT molecular complexity index is 1010. The summed E-state index contributed by atoms with van der Waals surface area (Å²) in [5, 5.41) is 4.60. The number of aromatic nitrogens is 1. The fourth-order valence-corrected chi connectivity index (χ4v) is 3.43. The third-order valence-corrected chi connectivity index (χ3v) is 4.77. The molecule has 1 aliphatic heterocycles. The molecule has 4 rings (SSSR count). The van der Waals surface area contributed by atoms with Crippen molar-refractivity contribution in [1.82, 2.24) is 10.3 Å². The van der Waals surface area contributed by atoms with Gasteiger partial charge in [-0.15, -0.1) is 0 Å². The van der Waals surface area contributed by atoms with Crippen LogP contribution in [0.4, 0.5) is 5.69 Å². The van der Waals surface area contributed by atoms with Gasteiger partial charge in [0.2, 0.25) is 5.91 Å². The number of rotatable bonds is 5. The highest BCUT2D eigenvalue weighted by Crippen LogP contribution is 2.34. The summed E-state index contributed by atoms with van der Waals surface area (Å²) in [6.45, 7) is 0.598. The minimum Gasteiger partial charge on any atom is -0.423 e. The average molecular weight is 384 g/mol. The van der Waals surface area contributed by atoms with Gasteiger partial charge in [0.1, 0.15) is 6.54 Å². The number of hydrogen-bond acceptors (Lipinski definition) is 4. The van der Waals surface area contributed by atoms with E-state index in [1.165, 1.54) is 0 Å². The van der Waals surface area contributed by atoms with Gasteiger partial charge in [0.25, 0.3) is 0 Å². The van der Waals surface area contributed by atoms with E-state index >= 15 is 0 Å². The summed E-state index contributed by atoms with van der Waals surface area (Å²) in [4.78, 5) is 29.0. The molecule has 0 unspecified atom stereocenters. The van der Waals surface area contributed by atoms with Gasteiger partial charge in [-0.05, 0) is 36.2 Å². The Kier molecular flexibility index (Phi) is 4.73. The van der Waals surface area contributed by atoms with Gasteiger partial charge in [0.15, 0.2) is 5.75 Å². The highest BCUT2D eigenvalue weighted by molar-refractivity contribution is 6.31. The van der Waals surface area contributed by atoms with Crippen LogP contribution in [0.25, 0.3) is 10.9 Å². The second-order valence-corrected chi connectivity index (χ2v) is 6.84. The minimum absolute atomic E-state index is 0.0171. The number of carbonyl (C=O) groups is 2. The molecule has 0 atom stereocenters. The fourth-order valence-electron chi connectivity index (χ4n) is 3.27. The summed E-state index contributed by atoms with van der Waals surface area (Å²) in [6.07, 6.45) is 2.69. The van der Waals surface area contributed by atoms with Crippen molar-refractivity contribution in [3.8, 4) is 5.75 Å². The first kappa shape index (κ1) is 17.4. The Morgan fingerprint density at radius 3 is 3.00 bits per heavy atom. The van der Waals surface area contributed by atoms with Crippen LogP contribution < -0.4 is 15.0 Å². The average Bonchev–Trinajstić information content (AvgIpc) is 3.05. The van der Waals surface area contributed by atoms with E-state index in [-0.39, 0.29) is 19.0 Å². The Labute approximate surface area is 161 Å². The van der Waals surface area contributed by atoms with Crippen LogP contribution in [0.3, 0.4) is 0 Å². The molecule has 2 N–H and O–H groups in total. The third-order valence-electron chi connectivity index (χ3n) is 4.53. The number of fused-ring (bicyclic) bond motifs is 2. The number of nitrogens with zero attached hydrogens (tertiary/aromatic N) is 1. The molecular formula is C20H18ClN3O3. The van der Waals surface area contributed by atoms with Crippen LogP contribution in [-0.2, 0) is 16.0 Å². The van der Waals surface area contributed by atoms with Crippen molar-refractivity contribution in [2.45, 2.75) is 6.42 Å². The number of ether oxygens (including phenoxy) is 1. The highest BCUT2D eigenvalue weighted by atomic mass is 35.5. The number of anilines is 1. The zero-order valence-electron chi connectivity index (χ0n) is 14.5. The SMILES string of the molecule is O=C(CN1CC(=O)Oc2ccc(Cl)cc21)NCCc1c[nH]c2ccccc12. The van der Waals surface area contributed by atoms with E-state index < -0.39 is 5.97 Å². The van der Waals surface area contributed by atoms with Crippen LogP contribution in [0, 0.1) is 0 Å². The van der Waals surface area contributed by atoms with Gasteiger partial charge in [-0.25, -0.2) is 4.79 Å². The molecule has 6 nitrogen and oxygen atoms in total. The largest absolute Gasteiger partial charge is 0.423 e. The first-order valence-corrected chi connectivity index (χ1v) is 9.05. The van der Waals surface area contributed by atoms with Gasteiger partial charge < -0.3 is 19.9 Å². The summed E-state index contributed by atoms with van der Waals surface area (Å²) in [5.74, 6) is -0.130. The first-order valence-electron chi connectivity index (χ1n) is 8.67. The lowest BCUT2D eigenvalue weighted by Crippen LogP contribution is -2.43. The fraction of sp³-hybridized carbons (Fsp3) is 0.200. The summed E-state index contributed by atoms with van der Waals surface area (Å²) >= 11 is 6.03. The Balaban J connectivity index is 1.37. The number of hydrogen-bond donors (Lipinski definition) is 2. The van der Waals surface area contributed by atoms with Crippen LogP contribution in [0.1, 0.15) is 5.56 Å². The van der Waals surface area contributed by atoms with E-state index in [1.807, 2.05) is 24.4 Å². The standard InChI is InChI=1S/C20H18ClN3O3/c21-14-5-6-18-17(9-14)24(12-20(26)27-18)11-19(25)22-8-7-13-10-23-16-4-2-1-3-15(13)16/h1-6,9-10,23H,7-8,11-12H2,(H,22,25). The lowest BCUT2D eigenvalue weighted by atomic mass is 10.1. The minimum atomic E-state index is -0.392. The number of H-pyrrole nitrogens is 1. The number of carbonyl (C=O) groups excluding carboxylic acids is 2. The molecule has 0 saturated carbocycles. The van der Waals surface area contributed by atoms with Crippen LogP contribution in [0.5, 0.6) is 5.75 Å². The lowest BCUT2D eigenvalue weighted by Gasteiger charge is -2.29. The lowest BCUT2D eigenvalue weighted by molar-refractivity contribution is -0.133. The van der Waals surface area contributed by atoms with E-state index in [1.54, 1.807) is 23.1 Å². The van der Waals surface area contributed by atoms with Crippen molar-refractivity contribution >= 4 is 40.1 Å². The molecule has 0 bridgehead atoms. The number of esters is 1. The molecule has 7 heteroatoms. The van der Waals surface area contributed by atoms with E-state index in [0.29, 0.717) is 23.0 Å². The summed E-state index contributed by atoms with van der Waals surface area (Å²) < 4.78 is 5.20. The molecule has 0 fully saturated rings. The van der Waals surface area contributed by atoms with Crippen molar-refractivity contribution in [1.29, 1.82) is 0 Å². The molecule has 27 heavy (non-hydrogen) atoms. The Hall–Kier alpha value is -2.99. The number of amides is 1. The maximum Gasteiger partial charge on any atom is 0.331 e. The molecule has 138 valence electrons. The molecule has 0 spiro atoms. The van der Waals surface area contributed by atoms with Crippen molar-refractivity contribution in [3.05, 3.63) is 59.2 Å². The molecule has 2 heterocycles. The topological polar surface area (TPSA) is 74.4 Å². The molecule has 0 radical (unpaired) electrons. The van der Waals surface area contributed by atoms with Crippen molar-refractivity contribution in [2.24, 2.45) is 0 Å². The molecule has 0 aliphatic carbocycles. The Morgan fingerprint density at radius 2 is 2.11 bits per heavy atom. The van der Waals surface area contributed by atoms with Crippen LogP contribution >= 0.6 is 11.6 Å². The molecule has 3 aromatic rings. The van der Waals surface area contributed by atoms with E-state index in [9.17, 15) is 9.59 Å². The van der Waals surface area contributed by atoms with Gasteiger partial charge >= 0.3 is 5.97 Å². The summed E-state index contributed by atoms with van der Waals surface area (Å²) in [7, 11) is 0. The predicted molar refractivity (Wildman–Crippen MR) is 104 cm³/mol. The molecule has 2 aromatic carbocycles. The van der Waals surface area contributed by atoms with Gasteiger partial charge in [0.05, 0.1) is 12.2 Å². The number of para-hydroxylation sites is 1. The molecule has 1 aromatic heterocycles. The van der Waals surface area contributed by atoms with Crippen LogP contribution in [-0.4, -0.2) is 36.5 Å². The maximum absolute atomic E-state index is 12.4.